The molecule has 0 bridgehead atoms. The minimum atomic E-state index is 0.0233. The Bertz CT molecular complexity index is 493. The number of carbonyl (C=O) groups is 1. The Hall–Kier alpha value is -1.26. The molecule has 1 amide bonds. The highest BCUT2D eigenvalue weighted by Gasteiger charge is 2.28. The Kier molecular flexibility index (Phi) is 5.88. The minimum absolute atomic E-state index is 0.0233. The molecule has 0 aliphatic carbocycles. The first-order chi connectivity index (χ1) is 10.2. The average molecular weight is 311 g/mol. The number of piperidine rings is 1. The zero-order valence-electron chi connectivity index (χ0n) is 12.7. The molecule has 1 aliphatic heterocycles. The second-order valence-corrected chi connectivity index (χ2v) is 5.82. The fourth-order valence-corrected chi connectivity index (χ4v) is 3.05. The van der Waals surface area contributed by atoms with Crippen LogP contribution in [0, 0.1) is 0 Å². The van der Waals surface area contributed by atoms with Crippen molar-refractivity contribution in [2.45, 2.75) is 31.7 Å². The van der Waals surface area contributed by atoms with Gasteiger partial charge in [-0.25, -0.2) is 0 Å². The van der Waals surface area contributed by atoms with Gasteiger partial charge in [-0.2, -0.15) is 0 Å². The molecular weight excluding hydrogens is 288 g/mol. The van der Waals surface area contributed by atoms with Crippen LogP contribution in [0.15, 0.2) is 18.2 Å². The van der Waals surface area contributed by atoms with Crippen LogP contribution < -0.4 is 10.1 Å². The zero-order valence-corrected chi connectivity index (χ0v) is 13.4. The molecule has 1 unspecified atom stereocenters. The van der Waals surface area contributed by atoms with Gasteiger partial charge in [0.05, 0.1) is 12.7 Å². The molecule has 1 fully saturated rings. The minimum Gasteiger partial charge on any atom is -0.496 e. The summed E-state index contributed by atoms with van der Waals surface area (Å²) in [6, 6.07) is 5.49. The van der Waals surface area contributed by atoms with E-state index >= 15 is 0 Å². The first-order valence-electron chi connectivity index (χ1n) is 7.46. The van der Waals surface area contributed by atoms with E-state index in [0.717, 1.165) is 32.4 Å². The van der Waals surface area contributed by atoms with Gasteiger partial charge in [-0.05, 0) is 57.5 Å². The van der Waals surface area contributed by atoms with Gasteiger partial charge in [0.25, 0.3) is 5.91 Å². The Labute approximate surface area is 131 Å². The van der Waals surface area contributed by atoms with Crippen LogP contribution in [0.4, 0.5) is 0 Å². The lowest BCUT2D eigenvalue weighted by Gasteiger charge is -2.36. The van der Waals surface area contributed by atoms with E-state index in [1.165, 1.54) is 6.42 Å². The fourth-order valence-electron chi connectivity index (χ4n) is 2.88. The van der Waals surface area contributed by atoms with E-state index in [9.17, 15) is 4.79 Å². The molecule has 0 saturated carbocycles. The first kappa shape index (κ1) is 16.1. The van der Waals surface area contributed by atoms with Crippen molar-refractivity contribution in [3.8, 4) is 5.75 Å². The van der Waals surface area contributed by atoms with E-state index in [1.807, 2.05) is 11.9 Å². The summed E-state index contributed by atoms with van der Waals surface area (Å²) >= 11 is 6.04. The molecule has 5 heteroatoms. The van der Waals surface area contributed by atoms with E-state index in [0.29, 0.717) is 22.4 Å². The van der Waals surface area contributed by atoms with Gasteiger partial charge in [-0.15, -0.1) is 0 Å². The smallest absolute Gasteiger partial charge is 0.257 e. The molecule has 1 aromatic carbocycles. The zero-order chi connectivity index (χ0) is 15.2. The third-order valence-corrected chi connectivity index (χ3v) is 4.24. The molecule has 1 aliphatic rings. The van der Waals surface area contributed by atoms with Gasteiger partial charge in [0.1, 0.15) is 5.75 Å². The summed E-state index contributed by atoms with van der Waals surface area (Å²) in [7, 11) is 3.52. The summed E-state index contributed by atoms with van der Waals surface area (Å²) in [5.41, 5.74) is 0.557. The third-order valence-electron chi connectivity index (χ3n) is 4.01. The number of methoxy groups -OCH3 is 1. The van der Waals surface area contributed by atoms with Gasteiger partial charge in [-0.1, -0.05) is 11.6 Å². The second kappa shape index (κ2) is 7.66. The van der Waals surface area contributed by atoms with E-state index < -0.39 is 0 Å². The van der Waals surface area contributed by atoms with Crippen LogP contribution in [-0.2, 0) is 0 Å². The predicted octanol–water partition coefficient (Wildman–Crippen LogP) is 2.95. The van der Waals surface area contributed by atoms with Crippen LogP contribution in [0.25, 0.3) is 0 Å². The molecule has 1 N–H and O–H groups in total. The SMILES string of the molecule is CNCCC1CCCCN1C(=O)c1cc(Cl)ccc1OC. The highest BCUT2D eigenvalue weighted by Crippen LogP contribution is 2.28. The van der Waals surface area contributed by atoms with Crippen molar-refractivity contribution in [2.24, 2.45) is 0 Å². The van der Waals surface area contributed by atoms with Crippen LogP contribution in [0.2, 0.25) is 5.02 Å². The quantitative estimate of drug-likeness (QED) is 0.909. The van der Waals surface area contributed by atoms with Crippen LogP contribution in [0.3, 0.4) is 0 Å². The largest absolute Gasteiger partial charge is 0.496 e. The number of nitrogens with zero attached hydrogens (tertiary/aromatic N) is 1. The summed E-state index contributed by atoms with van der Waals surface area (Å²) in [4.78, 5) is 14.9. The third kappa shape index (κ3) is 3.89. The Morgan fingerprint density at radius 3 is 3.00 bits per heavy atom. The number of nitrogens with one attached hydrogen (secondary N) is 1. The maximum Gasteiger partial charge on any atom is 0.257 e. The number of amides is 1. The number of carbonyl (C=O) groups excluding carboxylic acids is 1. The topological polar surface area (TPSA) is 41.6 Å². The number of halogens is 1. The summed E-state index contributed by atoms with van der Waals surface area (Å²) in [6.45, 7) is 1.73. The molecule has 0 aromatic heterocycles. The number of benzene rings is 1. The van der Waals surface area contributed by atoms with E-state index in [4.69, 9.17) is 16.3 Å². The second-order valence-electron chi connectivity index (χ2n) is 5.38. The monoisotopic (exact) mass is 310 g/mol. The van der Waals surface area contributed by atoms with E-state index in [-0.39, 0.29) is 5.91 Å². The van der Waals surface area contributed by atoms with E-state index in [1.54, 1.807) is 25.3 Å². The van der Waals surface area contributed by atoms with Crippen LogP contribution in [0.1, 0.15) is 36.0 Å². The first-order valence-corrected chi connectivity index (χ1v) is 7.84. The summed E-state index contributed by atoms with van der Waals surface area (Å²) < 4.78 is 5.31. The van der Waals surface area contributed by atoms with Crippen molar-refractivity contribution in [3.05, 3.63) is 28.8 Å². The lowest BCUT2D eigenvalue weighted by molar-refractivity contribution is 0.0599. The van der Waals surface area contributed by atoms with Crippen molar-refractivity contribution < 1.29 is 9.53 Å². The standard InChI is InChI=1S/C16H23ClN2O2/c1-18-9-8-13-5-3-4-10-19(13)16(20)14-11-12(17)6-7-15(14)21-2/h6-7,11,13,18H,3-5,8-10H2,1-2H3. The van der Waals surface area contributed by atoms with Gasteiger partial charge in [-0.3, -0.25) is 4.79 Å². The molecule has 0 spiro atoms. The maximum atomic E-state index is 12.9. The molecule has 1 saturated heterocycles. The molecule has 21 heavy (non-hydrogen) atoms. The van der Waals surface area contributed by atoms with Gasteiger partial charge in [0.2, 0.25) is 0 Å². The van der Waals surface area contributed by atoms with Crippen molar-refractivity contribution in [2.75, 3.05) is 27.2 Å². The van der Waals surface area contributed by atoms with Crippen LogP contribution in [-0.4, -0.2) is 44.1 Å². The number of hydrogen-bond donors (Lipinski definition) is 1. The summed E-state index contributed by atoms with van der Waals surface area (Å²) in [6.07, 6.45) is 4.29. The summed E-state index contributed by atoms with van der Waals surface area (Å²) in [5.74, 6) is 0.609. The Morgan fingerprint density at radius 1 is 1.48 bits per heavy atom. The van der Waals surface area contributed by atoms with E-state index in [2.05, 4.69) is 5.32 Å². The van der Waals surface area contributed by atoms with Crippen molar-refractivity contribution >= 4 is 17.5 Å². The molecule has 2 rings (SSSR count). The lowest BCUT2D eigenvalue weighted by atomic mass is 9.98. The molecular formula is C16H23ClN2O2. The highest BCUT2D eigenvalue weighted by molar-refractivity contribution is 6.31. The average Bonchev–Trinajstić information content (AvgIpc) is 2.52. The van der Waals surface area contributed by atoms with Crippen LogP contribution >= 0.6 is 11.6 Å². The molecule has 1 heterocycles. The van der Waals surface area contributed by atoms with Crippen LogP contribution in [0.5, 0.6) is 5.75 Å². The molecule has 0 radical (unpaired) electrons. The van der Waals surface area contributed by atoms with Gasteiger partial charge in [0.15, 0.2) is 0 Å². The molecule has 1 atom stereocenters. The maximum absolute atomic E-state index is 12.9. The highest BCUT2D eigenvalue weighted by atomic mass is 35.5. The summed E-state index contributed by atoms with van der Waals surface area (Å²) in [5, 5.41) is 3.72. The molecule has 1 aromatic rings. The van der Waals surface area contributed by atoms with Crippen molar-refractivity contribution in [3.63, 3.8) is 0 Å². The van der Waals surface area contributed by atoms with Crippen molar-refractivity contribution in [1.29, 1.82) is 0 Å². The Morgan fingerprint density at radius 2 is 2.29 bits per heavy atom. The number of likely N-dealkylation sites (tertiary alicyclic amines) is 1. The Balaban J connectivity index is 2.22. The van der Waals surface area contributed by atoms with Crippen molar-refractivity contribution in [1.82, 2.24) is 10.2 Å². The van der Waals surface area contributed by atoms with Gasteiger partial charge in [0, 0.05) is 17.6 Å². The normalized spacial score (nSPS) is 18.6. The lowest BCUT2D eigenvalue weighted by Crippen LogP contribution is -2.44. The number of hydrogen-bond acceptors (Lipinski definition) is 3. The van der Waals surface area contributed by atoms with Gasteiger partial charge < -0.3 is 15.0 Å². The van der Waals surface area contributed by atoms with Gasteiger partial charge >= 0.3 is 0 Å². The molecule has 4 nitrogen and oxygen atoms in total. The fraction of sp³-hybridized carbons (Fsp3) is 0.562. The number of ether oxygens (including phenoxy) is 1. The molecule has 116 valence electrons. The number of rotatable bonds is 5. The predicted molar refractivity (Wildman–Crippen MR) is 85.2 cm³/mol.